The average molecular weight is 340 g/mol. The molecule has 2 aliphatic rings. The molecule has 2 aromatic heterocycles. The van der Waals surface area contributed by atoms with Crippen LogP contribution in [0.5, 0.6) is 5.88 Å². The fourth-order valence-electron chi connectivity index (χ4n) is 3.18. The minimum Gasteiger partial charge on any atom is -0.480 e. The zero-order valence-electron chi connectivity index (χ0n) is 14.4. The third-order valence-electron chi connectivity index (χ3n) is 4.93. The molecule has 1 aliphatic heterocycles. The van der Waals surface area contributed by atoms with Gasteiger partial charge in [0.05, 0.1) is 42.5 Å². The average Bonchev–Trinajstić information content (AvgIpc) is 2.80. The van der Waals surface area contributed by atoms with E-state index in [2.05, 4.69) is 25.6 Å². The third-order valence-corrected chi connectivity index (χ3v) is 4.93. The quantitative estimate of drug-likeness (QED) is 0.876. The number of nitrogens with zero attached hydrogens (tertiary/aromatic N) is 4. The molecule has 1 fully saturated rings. The van der Waals surface area contributed by atoms with Crippen LogP contribution in [-0.4, -0.2) is 39.0 Å². The summed E-state index contributed by atoms with van der Waals surface area (Å²) in [6.45, 7) is 3.75. The summed E-state index contributed by atoms with van der Waals surface area (Å²) in [4.78, 5) is 29.5. The van der Waals surface area contributed by atoms with E-state index < -0.39 is 5.41 Å². The molecular formula is C17H20N6O2. The van der Waals surface area contributed by atoms with Crippen molar-refractivity contribution in [2.45, 2.75) is 44.1 Å². The number of hydrogen-bond donors (Lipinski definition) is 2. The standard InChI is InChI=1S/C17H20N6O2/c1-17(2)14-15(23-16(17)24)20-6-11(22-14)9-4-10(5-9)21-12-7-19-13(25-3)8-18-12/h6-10H,4-5H2,1-3H3,(H,18,21)(H,20,23,24). The molecule has 0 saturated heterocycles. The minimum atomic E-state index is -0.627. The number of aromatic nitrogens is 4. The summed E-state index contributed by atoms with van der Waals surface area (Å²) >= 11 is 0. The van der Waals surface area contributed by atoms with Crippen molar-refractivity contribution in [1.29, 1.82) is 0 Å². The Kier molecular flexibility index (Phi) is 3.55. The Morgan fingerprint density at radius 1 is 1.20 bits per heavy atom. The van der Waals surface area contributed by atoms with E-state index in [0.29, 0.717) is 23.7 Å². The lowest BCUT2D eigenvalue weighted by Crippen LogP contribution is -2.35. The third kappa shape index (κ3) is 2.67. The lowest BCUT2D eigenvalue weighted by molar-refractivity contribution is -0.119. The van der Waals surface area contributed by atoms with E-state index in [1.807, 2.05) is 13.8 Å². The van der Waals surface area contributed by atoms with Crippen LogP contribution in [0.3, 0.4) is 0 Å². The van der Waals surface area contributed by atoms with Gasteiger partial charge in [-0.3, -0.25) is 9.78 Å². The van der Waals surface area contributed by atoms with Gasteiger partial charge in [0.1, 0.15) is 5.82 Å². The largest absolute Gasteiger partial charge is 0.480 e. The lowest BCUT2D eigenvalue weighted by Gasteiger charge is -2.35. The molecule has 0 radical (unpaired) electrons. The highest BCUT2D eigenvalue weighted by atomic mass is 16.5. The molecule has 0 spiro atoms. The maximum absolute atomic E-state index is 12.0. The van der Waals surface area contributed by atoms with Gasteiger partial charge < -0.3 is 15.4 Å². The molecular weight excluding hydrogens is 320 g/mol. The van der Waals surface area contributed by atoms with Gasteiger partial charge >= 0.3 is 0 Å². The second kappa shape index (κ2) is 5.65. The summed E-state index contributed by atoms with van der Waals surface area (Å²) in [7, 11) is 1.57. The van der Waals surface area contributed by atoms with Crippen molar-refractivity contribution in [1.82, 2.24) is 19.9 Å². The molecule has 0 aromatic carbocycles. The van der Waals surface area contributed by atoms with E-state index in [1.165, 1.54) is 0 Å². The number of hydrogen-bond acceptors (Lipinski definition) is 7. The van der Waals surface area contributed by atoms with E-state index in [4.69, 9.17) is 9.72 Å². The first kappa shape index (κ1) is 15.7. The molecule has 8 heteroatoms. The molecule has 0 atom stereocenters. The van der Waals surface area contributed by atoms with Crippen molar-refractivity contribution in [3.05, 3.63) is 30.0 Å². The van der Waals surface area contributed by atoms with Crippen LogP contribution < -0.4 is 15.4 Å². The Bertz CT molecular complexity index is 814. The predicted molar refractivity (Wildman–Crippen MR) is 91.7 cm³/mol. The van der Waals surface area contributed by atoms with E-state index >= 15 is 0 Å². The van der Waals surface area contributed by atoms with Gasteiger partial charge in [0, 0.05) is 12.0 Å². The van der Waals surface area contributed by atoms with E-state index in [1.54, 1.807) is 25.7 Å². The van der Waals surface area contributed by atoms with Crippen LogP contribution in [0.15, 0.2) is 18.6 Å². The first-order chi connectivity index (χ1) is 12.0. The maximum Gasteiger partial charge on any atom is 0.237 e. The molecule has 0 bridgehead atoms. The van der Waals surface area contributed by atoms with E-state index in [0.717, 1.165) is 30.0 Å². The smallest absolute Gasteiger partial charge is 0.237 e. The summed E-state index contributed by atoms with van der Waals surface area (Å²) in [6, 6.07) is 0.329. The minimum absolute atomic E-state index is 0.0501. The van der Waals surface area contributed by atoms with Crippen LogP contribution in [-0.2, 0) is 10.2 Å². The molecule has 2 N–H and O–H groups in total. The topological polar surface area (TPSA) is 102 Å². The van der Waals surface area contributed by atoms with Crippen molar-refractivity contribution >= 4 is 17.5 Å². The van der Waals surface area contributed by atoms with Crippen LogP contribution in [0.2, 0.25) is 0 Å². The first-order valence-electron chi connectivity index (χ1n) is 8.29. The second-order valence-electron chi connectivity index (χ2n) is 7.02. The highest BCUT2D eigenvalue weighted by Gasteiger charge is 2.42. The van der Waals surface area contributed by atoms with Gasteiger partial charge in [-0.2, -0.15) is 0 Å². The molecule has 8 nitrogen and oxygen atoms in total. The highest BCUT2D eigenvalue weighted by Crippen LogP contribution is 2.40. The first-order valence-corrected chi connectivity index (χ1v) is 8.29. The van der Waals surface area contributed by atoms with Gasteiger partial charge in [0.15, 0.2) is 5.82 Å². The Morgan fingerprint density at radius 3 is 2.68 bits per heavy atom. The number of nitrogens with one attached hydrogen (secondary N) is 2. The van der Waals surface area contributed by atoms with Crippen molar-refractivity contribution < 1.29 is 9.53 Å². The monoisotopic (exact) mass is 340 g/mol. The summed E-state index contributed by atoms with van der Waals surface area (Å²) in [6.07, 6.45) is 6.93. The second-order valence-corrected chi connectivity index (χ2v) is 7.02. The summed E-state index contributed by atoms with van der Waals surface area (Å²) in [5.41, 5.74) is 1.06. The predicted octanol–water partition coefficient (Wildman–Crippen LogP) is 1.86. The molecule has 3 heterocycles. The fraction of sp³-hybridized carbons (Fsp3) is 0.471. The summed E-state index contributed by atoms with van der Waals surface area (Å²) in [5, 5.41) is 6.15. The number of anilines is 2. The number of ether oxygens (including phenoxy) is 1. The molecule has 1 aliphatic carbocycles. The van der Waals surface area contributed by atoms with Crippen molar-refractivity contribution in [2.75, 3.05) is 17.7 Å². The Morgan fingerprint density at radius 2 is 2.00 bits per heavy atom. The van der Waals surface area contributed by atoms with Gasteiger partial charge in [-0.15, -0.1) is 0 Å². The van der Waals surface area contributed by atoms with Crippen LogP contribution in [0.25, 0.3) is 0 Å². The van der Waals surface area contributed by atoms with E-state index in [9.17, 15) is 4.79 Å². The van der Waals surface area contributed by atoms with Gasteiger partial charge in [0.2, 0.25) is 11.8 Å². The van der Waals surface area contributed by atoms with Crippen LogP contribution in [0.4, 0.5) is 11.6 Å². The molecule has 2 aromatic rings. The molecule has 130 valence electrons. The van der Waals surface area contributed by atoms with Crippen molar-refractivity contribution in [2.24, 2.45) is 0 Å². The van der Waals surface area contributed by atoms with Crippen molar-refractivity contribution in [3.63, 3.8) is 0 Å². The number of methoxy groups -OCH3 is 1. The molecule has 1 saturated carbocycles. The Hall–Kier alpha value is -2.77. The zero-order chi connectivity index (χ0) is 17.6. The van der Waals surface area contributed by atoms with Gasteiger partial charge in [-0.1, -0.05) is 0 Å². The fourth-order valence-corrected chi connectivity index (χ4v) is 3.18. The molecule has 4 rings (SSSR count). The highest BCUT2D eigenvalue weighted by molar-refractivity contribution is 6.03. The number of amides is 1. The van der Waals surface area contributed by atoms with Crippen LogP contribution >= 0.6 is 0 Å². The SMILES string of the molecule is COc1cnc(NC2CC(c3cnc4c(n3)C(C)(C)C(=O)N4)C2)cn1. The zero-order valence-corrected chi connectivity index (χ0v) is 14.4. The number of carbonyl (C=O) groups excluding carboxylic acids is 1. The van der Waals surface area contributed by atoms with Crippen LogP contribution in [0, 0.1) is 0 Å². The summed E-state index contributed by atoms with van der Waals surface area (Å²) in [5.74, 6) is 2.11. The van der Waals surface area contributed by atoms with E-state index in [-0.39, 0.29) is 5.91 Å². The van der Waals surface area contributed by atoms with Gasteiger partial charge in [-0.25, -0.2) is 15.0 Å². The van der Waals surface area contributed by atoms with Crippen molar-refractivity contribution in [3.8, 4) is 5.88 Å². The number of fused-ring (bicyclic) bond motifs is 1. The van der Waals surface area contributed by atoms with Gasteiger partial charge in [-0.05, 0) is 26.7 Å². The summed E-state index contributed by atoms with van der Waals surface area (Å²) < 4.78 is 5.00. The Balaban J connectivity index is 1.41. The maximum atomic E-state index is 12.0. The number of rotatable bonds is 4. The van der Waals surface area contributed by atoms with Crippen LogP contribution in [0.1, 0.15) is 44.0 Å². The Labute approximate surface area is 145 Å². The van der Waals surface area contributed by atoms with Gasteiger partial charge in [0.25, 0.3) is 0 Å². The normalized spacial score (nSPS) is 23.4. The molecule has 1 amide bonds. The molecule has 0 unspecified atom stereocenters. The number of carbonyl (C=O) groups is 1. The lowest BCUT2D eigenvalue weighted by atomic mass is 9.78. The molecule has 25 heavy (non-hydrogen) atoms.